The standard InChI is InChI=1S/C9H7Cl2N3/c10-5-3-7-8(12-4-5)14(6-1-2-6)9(11)13-7/h3-4,6H,1-2H2. The van der Waals surface area contributed by atoms with Crippen LogP contribution >= 0.6 is 23.2 Å². The van der Waals surface area contributed by atoms with Crippen LogP contribution < -0.4 is 0 Å². The average molecular weight is 228 g/mol. The number of pyridine rings is 1. The van der Waals surface area contributed by atoms with E-state index in [1.165, 1.54) is 0 Å². The van der Waals surface area contributed by atoms with Crippen LogP contribution in [0.25, 0.3) is 11.2 Å². The van der Waals surface area contributed by atoms with Crippen molar-refractivity contribution in [3.63, 3.8) is 0 Å². The summed E-state index contributed by atoms with van der Waals surface area (Å²) >= 11 is 11.8. The summed E-state index contributed by atoms with van der Waals surface area (Å²) < 4.78 is 1.98. The number of fused-ring (bicyclic) bond motifs is 1. The summed E-state index contributed by atoms with van der Waals surface area (Å²) in [5.41, 5.74) is 1.61. The Kier molecular flexibility index (Phi) is 1.73. The van der Waals surface area contributed by atoms with Crippen LogP contribution in [0, 0.1) is 0 Å². The molecule has 3 nitrogen and oxygen atoms in total. The van der Waals surface area contributed by atoms with E-state index in [0.29, 0.717) is 16.3 Å². The monoisotopic (exact) mass is 227 g/mol. The Bertz CT molecular complexity index is 502. The Labute approximate surface area is 90.7 Å². The van der Waals surface area contributed by atoms with E-state index >= 15 is 0 Å². The lowest BCUT2D eigenvalue weighted by Gasteiger charge is -2.00. The summed E-state index contributed by atoms with van der Waals surface area (Å²) in [4.78, 5) is 8.46. The molecule has 1 aliphatic rings. The second kappa shape index (κ2) is 2.84. The van der Waals surface area contributed by atoms with Crippen LogP contribution in [-0.2, 0) is 0 Å². The minimum atomic E-state index is 0.487. The minimum absolute atomic E-state index is 0.487. The molecular weight excluding hydrogens is 221 g/mol. The Morgan fingerprint density at radius 2 is 2.14 bits per heavy atom. The number of halogens is 2. The first-order chi connectivity index (χ1) is 6.75. The molecule has 14 heavy (non-hydrogen) atoms. The van der Waals surface area contributed by atoms with Crippen molar-refractivity contribution >= 4 is 34.4 Å². The third kappa shape index (κ3) is 1.20. The van der Waals surface area contributed by atoms with E-state index in [-0.39, 0.29) is 0 Å². The number of hydrogen-bond acceptors (Lipinski definition) is 2. The Hall–Kier alpha value is -0.800. The van der Waals surface area contributed by atoms with E-state index in [1.54, 1.807) is 12.3 Å². The van der Waals surface area contributed by atoms with Gasteiger partial charge >= 0.3 is 0 Å². The van der Waals surface area contributed by atoms with Gasteiger partial charge < -0.3 is 0 Å². The predicted molar refractivity (Wildman–Crippen MR) is 55.8 cm³/mol. The topological polar surface area (TPSA) is 30.7 Å². The highest BCUT2D eigenvalue weighted by Crippen LogP contribution is 2.39. The molecule has 0 N–H and O–H groups in total. The third-order valence-electron chi connectivity index (χ3n) is 2.37. The zero-order valence-electron chi connectivity index (χ0n) is 7.24. The van der Waals surface area contributed by atoms with Crippen molar-refractivity contribution in [2.45, 2.75) is 18.9 Å². The molecule has 1 aliphatic carbocycles. The van der Waals surface area contributed by atoms with Crippen LogP contribution in [0.1, 0.15) is 18.9 Å². The van der Waals surface area contributed by atoms with Gasteiger partial charge in [-0.25, -0.2) is 9.97 Å². The van der Waals surface area contributed by atoms with E-state index in [1.807, 2.05) is 4.57 Å². The molecule has 0 radical (unpaired) electrons. The molecule has 72 valence electrons. The van der Waals surface area contributed by atoms with Crippen LogP contribution in [0.15, 0.2) is 12.3 Å². The van der Waals surface area contributed by atoms with E-state index in [4.69, 9.17) is 23.2 Å². The van der Waals surface area contributed by atoms with E-state index in [9.17, 15) is 0 Å². The highest BCUT2D eigenvalue weighted by atomic mass is 35.5. The zero-order chi connectivity index (χ0) is 9.71. The second-order valence-electron chi connectivity index (χ2n) is 3.48. The molecule has 0 bridgehead atoms. The van der Waals surface area contributed by atoms with Crippen LogP contribution in [0.3, 0.4) is 0 Å². The molecule has 2 heterocycles. The lowest BCUT2D eigenvalue weighted by Crippen LogP contribution is -1.94. The Morgan fingerprint density at radius 1 is 1.36 bits per heavy atom. The SMILES string of the molecule is Clc1cnc2c(c1)nc(Cl)n2C1CC1. The highest BCUT2D eigenvalue weighted by molar-refractivity contribution is 6.31. The molecular formula is C9H7Cl2N3. The Morgan fingerprint density at radius 3 is 2.86 bits per heavy atom. The first-order valence-electron chi connectivity index (χ1n) is 4.44. The summed E-state index contributed by atoms with van der Waals surface area (Å²) in [5, 5.41) is 1.10. The molecule has 2 aromatic rings. The second-order valence-corrected chi connectivity index (χ2v) is 4.25. The van der Waals surface area contributed by atoms with E-state index in [0.717, 1.165) is 24.0 Å². The van der Waals surface area contributed by atoms with Gasteiger partial charge in [0.15, 0.2) is 5.65 Å². The van der Waals surface area contributed by atoms with Crippen molar-refractivity contribution < 1.29 is 0 Å². The summed E-state index contributed by atoms with van der Waals surface area (Å²) in [6.45, 7) is 0. The van der Waals surface area contributed by atoms with Gasteiger partial charge in [0.1, 0.15) is 5.52 Å². The van der Waals surface area contributed by atoms with E-state index < -0.39 is 0 Å². The van der Waals surface area contributed by atoms with Crippen molar-refractivity contribution in [1.82, 2.24) is 14.5 Å². The maximum absolute atomic E-state index is 6.02. The number of imidazole rings is 1. The zero-order valence-corrected chi connectivity index (χ0v) is 8.76. The molecule has 1 fully saturated rings. The first kappa shape index (κ1) is 8.50. The molecule has 0 amide bonds. The van der Waals surface area contributed by atoms with Crippen LogP contribution in [-0.4, -0.2) is 14.5 Å². The molecule has 1 saturated carbocycles. The number of aromatic nitrogens is 3. The van der Waals surface area contributed by atoms with Gasteiger partial charge in [-0.15, -0.1) is 0 Å². The molecule has 0 saturated heterocycles. The predicted octanol–water partition coefficient (Wildman–Crippen LogP) is 3.07. The fourth-order valence-corrected chi connectivity index (χ4v) is 2.05. The van der Waals surface area contributed by atoms with Gasteiger partial charge in [-0.3, -0.25) is 4.57 Å². The van der Waals surface area contributed by atoms with Crippen LogP contribution in [0.4, 0.5) is 0 Å². The summed E-state index contributed by atoms with van der Waals surface area (Å²) in [6, 6.07) is 2.27. The average Bonchev–Trinajstić information content (AvgIpc) is 2.89. The lowest BCUT2D eigenvalue weighted by atomic mass is 10.4. The van der Waals surface area contributed by atoms with Gasteiger partial charge in [-0.05, 0) is 30.5 Å². The number of nitrogens with zero attached hydrogens (tertiary/aromatic N) is 3. The van der Waals surface area contributed by atoms with Crippen LogP contribution in [0.2, 0.25) is 10.3 Å². The maximum Gasteiger partial charge on any atom is 0.205 e. The highest BCUT2D eigenvalue weighted by Gasteiger charge is 2.28. The van der Waals surface area contributed by atoms with Crippen molar-refractivity contribution in [2.75, 3.05) is 0 Å². The maximum atomic E-state index is 6.02. The van der Waals surface area contributed by atoms with Crippen molar-refractivity contribution in [1.29, 1.82) is 0 Å². The third-order valence-corrected chi connectivity index (χ3v) is 2.84. The van der Waals surface area contributed by atoms with Gasteiger partial charge in [0.2, 0.25) is 5.28 Å². The normalized spacial score (nSPS) is 16.4. The molecule has 0 unspecified atom stereocenters. The van der Waals surface area contributed by atoms with Crippen LogP contribution in [0.5, 0.6) is 0 Å². The first-order valence-corrected chi connectivity index (χ1v) is 5.20. The molecule has 0 aromatic carbocycles. The smallest absolute Gasteiger partial charge is 0.205 e. The minimum Gasteiger partial charge on any atom is -0.296 e. The number of rotatable bonds is 1. The number of hydrogen-bond donors (Lipinski definition) is 0. The largest absolute Gasteiger partial charge is 0.296 e. The quantitative estimate of drug-likeness (QED) is 0.750. The van der Waals surface area contributed by atoms with E-state index in [2.05, 4.69) is 9.97 Å². The molecule has 0 atom stereocenters. The fraction of sp³-hybridized carbons (Fsp3) is 0.333. The summed E-state index contributed by atoms with van der Waals surface area (Å²) in [7, 11) is 0. The van der Waals surface area contributed by atoms with Crippen molar-refractivity contribution in [3.05, 3.63) is 22.6 Å². The fourth-order valence-electron chi connectivity index (χ4n) is 1.59. The van der Waals surface area contributed by atoms with Gasteiger partial charge in [0.25, 0.3) is 0 Å². The summed E-state index contributed by atoms with van der Waals surface area (Å²) in [5.74, 6) is 0. The molecule has 3 rings (SSSR count). The van der Waals surface area contributed by atoms with Gasteiger partial charge in [0, 0.05) is 12.2 Å². The Balaban J connectivity index is 2.32. The van der Waals surface area contributed by atoms with Gasteiger partial charge in [-0.2, -0.15) is 0 Å². The lowest BCUT2D eigenvalue weighted by molar-refractivity contribution is 0.758. The van der Waals surface area contributed by atoms with Gasteiger partial charge in [0.05, 0.1) is 5.02 Å². The molecule has 0 spiro atoms. The molecule has 5 heteroatoms. The summed E-state index contributed by atoms with van der Waals surface area (Å²) in [6.07, 6.45) is 3.95. The molecule has 2 aromatic heterocycles. The van der Waals surface area contributed by atoms with Crippen molar-refractivity contribution in [2.24, 2.45) is 0 Å². The molecule has 0 aliphatic heterocycles. The van der Waals surface area contributed by atoms with Gasteiger partial charge in [-0.1, -0.05) is 11.6 Å². The van der Waals surface area contributed by atoms with Crippen molar-refractivity contribution in [3.8, 4) is 0 Å².